The van der Waals surface area contributed by atoms with Crippen molar-refractivity contribution in [3.8, 4) is 0 Å². The number of hydrogen-bond donors (Lipinski definition) is 1. The Labute approximate surface area is 137 Å². The van der Waals surface area contributed by atoms with Crippen LogP contribution in [0.25, 0.3) is 0 Å². The van der Waals surface area contributed by atoms with E-state index < -0.39 is 0 Å². The van der Waals surface area contributed by atoms with E-state index in [0.29, 0.717) is 17.7 Å². The lowest BCUT2D eigenvalue weighted by molar-refractivity contribution is -0.136. The molecule has 2 unspecified atom stereocenters. The van der Waals surface area contributed by atoms with Gasteiger partial charge in [-0.3, -0.25) is 4.79 Å². The minimum Gasteiger partial charge on any atom is -0.342 e. The molecule has 1 aromatic carbocycles. The normalized spacial score (nSPS) is 22.8. The third-order valence-corrected chi connectivity index (χ3v) is 4.94. The SMILES string of the molecule is CC(C(=O)N1CCC(Cc2ccc(F)cc2)C1)C1CNC1.Cl. The lowest BCUT2D eigenvalue weighted by Crippen LogP contribution is -2.50. The molecule has 0 spiro atoms. The van der Waals surface area contributed by atoms with Gasteiger partial charge in [-0.2, -0.15) is 0 Å². The van der Waals surface area contributed by atoms with Gasteiger partial charge < -0.3 is 10.2 Å². The van der Waals surface area contributed by atoms with Gasteiger partial charge in [-0.25, -0.2) is 4.39 Å². The number of nitrogens with zero attached hydrogens (tertiary/aromatic N) is 1. The second-order valence-electron chi connectivity index (χ2n) is 6.48. The Morgan fingerprint density at radius 1 is 1.36 bits per heavy atom. The summed E-state index contributed by atoms with van der Waals surface area (Å²) in [7, 11) is 0. The highest BCUT2D eigenvalue weighted by molar-refractivity contribution is 5.85. The van der Waals surface area contributed by atoms with Crippen LogP contribution in [0.5, 0.6) is 0 Å². The fraction of sp³-hybridized carbons (Fsp3) is 0.588. The molecule has 2 aliphatic rings. The van der Waals surface area contributed by atoms with Crippen molar-refractivity contribution in [3.63, 3.8) is 0 Å². The molecule has 0 aliphatic carbocycles. The van der Waals surface area contributed by atoms with Gasteiger partial charge in [0, 0.05) is 19.0 Å². The minimum absolute atomic E-state index is 0. The monoisotopic (exact) mass is 326 g/mol. The fourth-order valence-electron chi connectivity index (χ4n) is 3.31. The van der Waals surface area contributed by atoms with Crippen LogP contribution in [0.3, 0.4) is 0 Å². The Bertz CT molecular complexity index is 504. The van der Waals surface area contributed by atoms with E-state index in [0.717, 1.165) is 44.6 Å². The fourth-order valence-corrected chi connectivity index (χ4v) is 3.31. The molecular weight excluding hydrogens is 303 g/mol. The smallest absolute Gasteiger partial charge is 0.225 e. The molecule has 1 N–H and O–H groups in total. The molecule has 0 aromatic heterocycles. The van der Waals surface area contributed by atoms with Gasteiger partial charge in [0.05, 0.1) is 0 Å². The summed E-state index contributed by atoms with van der Waals surface area (Å²) in [5.41, 5.74) is 1.16. The number of hydrogen-bond acceptors (Lipinski definition) is 2. The molecule has 2 aliphatic heterocycles. The summed E-state index contributed by atoms with van der Waals surface area (Å²) in [6.45, 7) is 5.72. The van der Waals surface area contributed by atoms with Gasteiger partial charge in [-0.15, -0.1) is 12.4 Å². The highest BCUT2D eigenvalue weighted by Crippen LogP contribution is 2.25. The Hall–Kier alpha value is -1.13. The van der Waals surface area contributed by atoms with E-state index in [2.05, 4.69) is 12.2 Å². The molecule has 22 heavy (non-hydrogen) atoms. The predicted molar refractivity (Wildman–Crippen MR) is 87.6 cm³/mol. The zero-order valence-corrected chi connectivity index (χ0v) is 13.7. The minimum atomic E-state index is -0.190. The van der Waals surface area contributed by atoms with E-state index in [1.807, 2.05) is 17.0 Å². The summed E-state index contributed by atoms with van der Waals surface area (Å²) < 4.78 is 12.9. The zero-order chi connectivity index (χ0) is 14.8. The number of halogens is 2. The molecule has 1 aromatic rings. The number of rotatable bonds is 4. The van der Waals surface area contributed by atoms with E-state index in [1.54, 1.807) is 0 Å². The van der Waals surface area contributed by atoms with Crippen molar-refractivity contribution < 1.29 is 9.18 Å². The van der Waals surface area contributed by atoms with Crippen LogP contribution in [0.2, 0.25) is 0 Å². The maximum absolute atomic E-state index is 12.9. The van der Waals surface area contributed by atoms with Gasteiger partial charge in [0.25, 0.3) is 0 Å². The molecule has 0 saturated carbocycles. The number of likely N-dealkylation sites (tertiary alicyclic amines) is 1. The Balaban J connectivity index is 0.00000176. The molecule has 1 amide bonds. The molecule has 2 atom stereocenters. The average Bonchev–Trinajstić information content (AvgIpc) is 2.87. The van der Waals surface area contributed by atoms with E-state index >= 15 is 0 Å². The highest BCUT2D eigenvalue weighted by Gasteiger charge is 2.34. The molecule has 2 fully saturated rings. The number of carbonyl (C=O) groups is 1. The molecule has 3 rings (SSSR count). The van der Waals surface area contributed by atoms with Crippen LogP contribution in [0, 0.1) is 23.6 Å². The number of nitrogens with one attached hydrogen (secondary N) is 1. The lowest BCUT2D eigenvalue weighted by Gasteiger charge is -2.34. The van der Waals surface area contributed by atoms with Crippen molar-refractivity contribution in [1.82, 2.24) is 10.2 Å². The first-order valence-electron chi connectivity index (χ1n) is 7.87. The van der Waals surface area contributed by atoms with Crippen molar-refractivity contribution in [2.45, 2.75) is 19.8 Å². The summed E-state index contributed by atoms with van der Waals surface area (Å²) in [5.74, 6) is 1.27. The number of carbonyl (C=O) groups excluding carboxylic acids is 1. The molecule has 5 heteroatoms. The Morgan fingerprint density at radius 2 is 2.05 bits per heavy atom. The van der Waals surface area contributed by atoms with Crippen molar-refractivity contribution >= 4 is 18.3 Å². The molecular formula is C17H24ClFN2O. The third-order valence-electron chi connectivity index (χ3n) is 4.94. The van der Waals surface area contributed by atoms with E-state index in [9.17, 15) is 9.18 Å². The van der Waals surface area contributed by atoms with Gasteiger partial charge in [0.15, 0.2) is 0 Å². The highest BCUT2D eigenvalue weighted by atomic mass is 35.5. The zero-order valence-electron chi connectivity index (χ0n) is 12.9. The van der Waals surface area contributed by atoms with Crippen LogP contribution in [-0.2, 0) is 11.2 Å². The van der Waals surface area contributed by atoms with E-state index in [1.165, 1.54) is 12.1 Å². The van der Waals surface area contributed by atoms with Crippen LogP contribution in [0.15, 0.2) is 24.3 Å². The summed E-state index contributed by atoms with van der Waals surface area (Å²) >= 11 is 0. The third kappa shape index (κ3) is 3.79. The Morgan fingerprint density at radius 3 is 2.64 bits per heavy atom. The maximum atomic E-state index is 12.9. The average molecular weight is 327 g/mol. The maximum Gasteiger partial charge on any atom is 0.225 e. The van der Waals surface area contributed by atoms with Crippen LogP contribution in [-0.4, -0.2) is 37.0 Å². The molecule has 2 heterocycles. The van der Waals surface area contributed by atoms with Crippen molar-refractivity contribution in [3.05, 3.63) is 35.6 Å². The second-order valence-corrected chi connectivity index (χ2v) is 6.48. The first kappa shape index (κ1) is 17.2. The molecule has 2 saturated heterocycles. The van der Waals surface area contributed by atoms with Crippen LogP contribution < -0.4 is 5.32 Å². The van der Waals surface area contributed by atoms with E-state index in [4.69, 9.17) is 0 Å². The topological polar surface area (TPSA) is 32.3 Å². The summed E-state index contributed by atoms with van der Waals surface area (Å²) in [5, 5.41) is 3.23. The molecule has 0 radical (unpaired) electrons. The van der Waals surface area contributed by atoms with Gasteiger partial charge in [0.1, 0.15) is 5.82 Å². The molecule has 122 valence electrons. The van der Waals surface area contributed by atoms with Crippen molar-refractivity contribution in [1.29, 1.82) is 0 Å². The largest absolute Gasteiger partial charge is 0.342 e. The second kappa shape index (κ2) is 7.42. The van der Waals surface area contributed by atoms with Crippen LogP contribution in [0.4, 0.5) is 4.39 Å². The van der Waals surface area contributed by atoms with Crippen LogP contribution in [0.1, 0.15) is 18.9 Å². The summed E-state index contributed by atoms with van der Waals surface area (Å²) in [4.78, 5) is 14.5. The number of amides is 1. The quantitative estimate of drug-likeness (QED) is 0.922. The predicted octanol–water partition coefficient (Wildman–Crippen LogP) is 2.49. The van der Waals surface area contributed by atoms with Crippen molar-refractivity contribution in [2.24, 2.45) is 17.8 Å². The summed E-state index contributed by atoms with van der Waals surface area (Å²) in [6.07, 6.45) is 1.99. The number of benzene rings is 1. The van der Waals surface area contributed by atoms with Gasteiger partial charge in [0.2, 0.25) is 5.91 Å². The molecule has 3 nitrogen and oxygen atoms in total. The van der Waals surface area contributed by atoms with Gasteiger partial charge >= 0.3 is 0 Å². The standard InChI is InChI=1S/C17H23FN2O.ClH/c1-12(15-9-19-10-15)17(21)20-7-6-14(11-20)8-13-2-4-16(18)5-3-13;/h2-5,12,14-15,19H,6-11H2,1H3;1H. The van der Waals surface area contributed by atoms with Gasteiger partial charge in [-0.05, 0) is 55.5 Å². The summed E-state index contributed by atoms with van der Waals surface area (Å²) in [6, 6.07) is 6.72. The van der Waals surface area contributed by atoms with E-state index in [-0.39, 0.29) is 24.1 Å². The first-order valence-corrected chi connectivity index (χ1v) is 7.87. The van der Waals surface area contributed by atoms with Gasteiger partial charge in [-0.1, -0.05) is 19.1 Å². The molecule has 0 bridgehead atoms. The lowest BCUT2D eigenvalue weighted by atomic mass is 9.88. The van der Waals surface area contributed by atoms with Crippen molar-refractivity contribution in [2.75, 3.05) is 26.2 Å². The van der Waals surface area contributed by atoms with Crippen LogP contribution >= 0.6 is 12.4 Å². The first-order chi connectivity index (χ1) is 10.1. The Kier molecular flexibility index (Phi) is 5.81.